The van der Waals surface area contributed by atoms with Crippen LogP contribution >= 0.6 is 0 Å². The normalized spacial score (nSPS) is 12.6. The monoisotopic (exact) mass is 218 g/mol. The zero-order chi connectivity index (χ0) is 12.0. The second kappa shape index (κ2) is 5.85. The summed E-state index contributed by atoms with van der Waals surface area (Å²) in [6.07, 6.45) is 2.93. The number of benzene rings is 1. The third-order valence-corrected chi connectivity index (χ3v) is 2.17. The van der Waals surface area contributed by atoms with Gasteiger partial charge in [-0.3, -0.25) is 4.79 Å². The van der Waals surface area contributed by atoms with Crippen molar-refractivity contribution in [3.63, 3.8) is 0 Å². The first-order chi connectivity index (χ1) is 7.59. The van der Waals surface area contributed by atoms with Crippen LogP contribution in [0.3, 0.4) is 0 Å². The van der Waals surface area contributed by atoms with E-state index in [4.69, 9.17) is 5.11 Å². The third kappa shape index (κ3) is 4.09. The second-order valence-corrected chi connectivity index (χ2v) is 3.67. The summed E-state index contributed by atoms with van der Waals surface area (Å²) < 4.78 is 0. The molecule has 1 atom stereocenters. The Morgan fingerprint density at radius 2 is 1.94 bits per heavy atom. The van der Waals surface area contributed by atoms with E-state index in [2.05, 4.69) is 0 Å². The lowest BCUT2D eigenvalue weighted by Gasteiger charge is -2.04. The molecule has 84 valence electrons. The van der Waals surface area contributed by atoms with Gasteiger partial charge >= 0.3 is 5.97 Å². The molecule has 1 aromatic carbocycles. The lowest BCUT2D eigenvalue weighted by Crippen LogP contribution is -2.04. The van der Waals surface area contributed by atoms with E-state index in [-0.39, 0.29) is 11.7 Å². The minimum absolute atomic E-state index is 0.0307. The van der Waals surface area contributed by atoms with Gasteiger partial charge in [-0.2, -0.15) is 0 Å². The largest absolute Gasteiger partial charge is 0.478 e. The number of allylic oxidation sites excluding steroid dienone is 1. The van der Waals surface area contributed by atoms with E-state index >= 15 is 0 Å². The smallest absolute Gasteiger partial charge is 0.327 e. The van der Waals surface area contributed by atoms with Crippen molar-refractivity contribution in [2.45, 2.75) is 13.3 Å². The molecule has 0 aliphatic heterocycles. The maximum atomic E-state index is 11.7. The summed E-state index contributed by atoms with van der Waals surface area (Å²) in [6, 6.07) is 8.99. The summed E-state index contributed by atoms with van der Waals surface area (Å²) in [4.78, 5) is 22.0. The van der Waals surface area contributed by atoms with E-state index < -0.39 is 5.97 Å². The van der Waals surface area contributed by atoms with Gasteiger partial charge < -0.3 is 5.11 Å². The number of Topliss-reactive ketones (excluding diaryl/α,β-unsaturated/α-hetero) is 1. The maximum absolute atomic E-state index is 11.7. The van der Waals surface area contributed by atoms with E-state index in [0.717, 1.165) is 6.08 Å². The Kier molecular flexibility index (Phi) is 4.45. The maximum Gasteiger partial charge on any atom is 0.327 e. The third-order valence-electron chi connectivity index (χ3n) is 2.17. The highest BCUT2D eigenvalue weighted by Crippen LogP contribution is 2.10. The summed E-state index contributed by atoms with van der Waals surface area (Å²) >= 11 is 0. The van der Waals surface area contributed by atoms with Crippen LogP contribution in [0.1, 0.15) is 23.7 Å². The molecule has 0 aliphatic rings. The predicted octanol–water partition coefficient (Wildman–Crippen LogP) is 2.54. The molecule has 1 N–H and O–H groups in total. The highest BCUT2D eigenvalue weighted by atomic mass is 16.4. The number of rotatable bonds is 5. The van der Waals surface area contributed by atoms with Crippen LogP contribution < -0.4 is 0 Å². The van der Waals surface area contributed by atoms with E-state index in [9.17, 15) is 9.59 Å². The molecule has 0 aliphatic carbocycles. The van der Waals surface area contributed by atoms with Gasteiger partial charge in [-0.05, 0) is 5.92 Å². The van der Waals surface area contributed by atoms with Gasteiger partial charge in [-0.15, -0.1) is 0 Å². The van der Waals surface area contributed by atoms with Crippen LogP contribution in [-0.2, 0) is 4.79 Å². The Balaban J connectivity index is 2.55. The van der Waals surface area contributed by atoms with Crippen LogP contribution in [0.4, 0.5) is 0 Å². The molecule has 3 heteroatoms. The van der Waals surface area contributed by atoms with E-state index in [1.54, 1.807) is 12.1 Å². The van der Waals surface area contributed by atoms with Crippen LogP contribution in [-0.4, -0.2) is 16.9 Å². The highest BCUT2D eigenvalue weighted by molar-refractivity contribution is 5.96. The topological polar surface area (TPSA) is 54.4 Å². The zero-order valence-corrected chi connectivity index (χ0v) is 9.09. The quantitative estimate of drug-likeness (QED) is 0.610. The SMILES string of the molecule is CC(C=CC(=O)O)CC(=O)c1ccccc1. The van der Waals surface area contributed by atoms with Gasteiger partial charge in [-0.25, -0.2) is 4.79 Å². The molecule has 0 saturated heterocycles. The molecule has 0 bridgehead atoms. The number of carboxylic acids is 1. The molecule has 3 nitrogen and oxygen atoms in total. The Bertz CT molecular complexity index is 393. The first-order valence-electron chi connectivity index (χ1n) is 5.09. The first-order valence-corrected chi connectivity index (χ1v) is 5.09. The van der Waals surface area contributed by atoms with Gasteiger partial charge in [0.2, 0.25) is 0 Å². The number of hydrogen-bond acceptors (Lipinski definition) is 2. The zero-order valence-electron chi connectivity index (χ0n) is 9.09. The molecule has 0 fully saturated rings. The number of aliphatic carboxylic acids is 1. The Morgan fingerprint density at radius 1 is 1.31 bits per heavy atom. The van der Waals surface area contributed by atoms with Crippen molar-refractivity contribution in [1.82, 2.24) is 0 Å². The second-order valence-electron chi connectivity index (χ2n) is 3.67. The molecule has 0 saturated carbocycles. The summed E-state index contributed by atoms with van der Waals surface area (Å²) in [5, 5.41) is 8.44. The lowest BCUT2D eigenvalue weighted by molar-refractivity contribution is -0.131. The number of carbonyl (C=O) groups is 2. The van der Waals surface area contributed by atoms with Gasteiger partial charge in [-0.1, -0.05) is 43.3 Å². The molecule has 1 unspecified atom stereocenters. The average Bonchev–Trinajstić information content (AvgIpc) is 2.27. The van der Waals surface area contributed by atoms with E-state index in [0.29, 0.717) is 12.0 Å². The molecule has 0 spiro atoms. The lowest BCUT2D eigenvalue weighted by atomic mass is 9.99. The van der Waals surface area contributed by atoms with Crippen molar-refractivity contribution in [3.8, 4) is 0 Å². The summed E-state index contributed by atoms with van der Waals surface area (Å²) in [7, 11) is 0. The Labute approximate surface area is 94.4 Å². The highest BCUT2D eigenvalue weighted by Gasteiger charge is 2.08. The summed E-state index contributed by atoms with van der Waals surface area (Å²) in [6.45, 7) is 1.82. The molecule has 0 aromatic heterocycles. The average molecular weight is 218 g/mol. The van der Waals surface area contributed by atoms with E-state index in [1.165, 1.54) is 6.08 Å². The van der Waals surface area contributed by atoms with Gasteiger partial charge in [0, 0.05) is 18.1 Å². The van der Waals surface area contributed by atoms with Crippen LogP contribution in [0.2, 0.25) is 0 Å². The first kappa shape index (κ1) is 12.2. The van der Waals surface area contributed by atoms with Gasteiger partial charge in [0.05, 0.1) is 0 Å². The van der Waals surface area contributed by atoms with Crippen LogP contribution in [0.15, 0.2) is 42.5 Å². The molecule has 1 aromatic rings. The number of carbonyl (C=O) groups excluding carboxylic acids is 1. The van der Waals surface area contributed by atoms with Crippen molar-refractivity contribution >= 4 is 11.8 Å². The summed E-state index contributed by atoms with van der Waals surface area (Å²) in [5.41, 5.74) is 0.665. The number of hydrogen-bond donors (Lipinski definition) is 1. The minimum Gasteiger partial charge on any atom is -0.478 e. The molecule has 0 heterocycles. The molecule has 0 amide bonds. The van der Waals surface area contributed by atoms with Crippen molar-refractivity contribution in [3.05, 3.63) is 48.0 Å². The Morgan fingerprint density at radius 3 is 2.50 bits per heavy atom. The number of ketones is 1. The van der Waals surface area contributed by atoms with Crippen molar-refractivity contribution in [1.29, 1.82) is 0 Å². The summed E-state index contributed by atoms with van der Waals surface area (Å²) in [5.74, 6) is -1.02. The standard InChI is InChI=1S/C13H14O3/c1-10(7-8-13(15)16)9-12(14)11-5-3-2-4-6-11/h2-8,10H,9H2,1H3,(H,15,16). The van der Waals surface area contributed by atoms with Crippen molar-refractivity contribution in [2.75, 3.05) is 0 Å². The Hall–Kier alpha value is -1.90. The molecule has 0 radical (unpaired) electrons. The van der Waals surface area contributed by atoms with Crippen LogP contribution in [0.25, 0.3) is 0 Å². The van der Waals surface area contributed by atoms with Gasteiger partial charge in [0.25, 0.3) is 0 Å². The fourth-order valence-corrected chi connectivity index (χ4v) is 1.35. The fraction of sp³-hybridized carbons (Fsp3) is 0.231. The molecule has 16 heavy (non-hydrogen) atoms. The predicted molar refractivity (Wildman–Crippen MR) is 61.3 cm³/mol. The minimum atomic E-state index is -0.987. The van der Waals surface area contributed by atoms with E-state index in [1.807, 2.05) is 25.1 Å². The van der Waals surface area contributed by atoms with Gasteiger partial charge in [0.1, 0.15) is 0 Å². The van der Waals surface area contributed by atoms with Crippen molar-refractivity contribution < 1.29 is 14.7 Å². The van der Waals surface area contributed by atoms with Crippen LogP contribution in [0, 0.1) is 5.92 Å². The number of carboxylic acid groups (broad SMARTS) is 1. The van der Waals surface area contributed by atoms with Gasteiger partial charge in [0.15, 0.2) is 5.78 Å². The fourth-order valence-electron chi connectivity index (χ4n) is 1.35. The molecule has 1 rings (SSSR count). The molecular formula is C13H14O3. The van der Waals surface area contributed by atoms with Crippen LogP contribution in [0.5, 0.6) is 0 Å². The molecular weight excluding hydrogens is 204 g/mol. The van der Waals surface area contributed by atoms with Crippen molar-refractivity contribution in [2.24, 2.45) is 5.92 Å².